The van der Waals surface area contributed by atoms with Crippen molar-refractivity contribution in [2.45, 2.75) is 39.5 Å². The summed E-state index contributed by atoms with van der Waals surface area (Å²) >= 11 is 0. The zero-order chi connectivity index (χ0) is 14.8. The number of piperidine rings is 1. The number of likely N-dealkylation sites (tertiary alicyclic amines) is 1. The molecular formula is C13H20N4O3. The van der Waals surface area contributed by atoms with E-state index in [1.807, 2.05) is 13.8 Å². The number of aryl methyl sites for hydroxylation is 1. The lowest BCUT2D eigenvalue weighted by atomic mass is 9.77. The minimum atomic E-state index is -0.836. The van der Waals surface area contributed by atoms with Gasteiger partial charge in [0, 0.05) is 19.5 Å². The molecule has 1 aromatic heterocycles. The van der Waals surface area contributed by atoms with E-state index in [0.717, 1.165) is 0 Å². The molecule has 1 aromatic rings. The highest BCUT2D eigenvalue weighted by Crippen LogP contribution is 2.34. The van der Waals surface area contributed by atoms with E-state index < -0.39 is 11.4 Å². The smallest absolute Gasteiger partial charge is 0.311 e. The van der Waals surface area contributed by atoms with Crippen LogP contribution in [0.15, 0.2) is 0 Å². The fourth-order valence-corrected chi connectivity index (χ4v) is 2.61. The van der Waals surface area contributed by atoms with Crippen molar-refractivity contribution >= 4 is 11.9 Å². The number of hydrogen-bond acceptors (Lipinski definition) is 4. The van der Waals surface area contributed by atoms with Gasteiger partial charge in [0.05, 0.1) is 5.41 Å². The van der Waals surface area contributed by atoms with Crippen LogP contribution in [0.3, 0.4) is 0 Å². The van der Waals surface area contributed by atoms with E-state index >= 15 is 0 Å². The van der Waals surface area contributed by atoms with E-state index in [1.165, 1.54) is 0 Å². The average molecular weight is 280 g/mol. The fraction of sp³-hybridized carbons (Fsp3) is 0.692. The van der Waals surface area contributed by atoms with Gasteiger partial charge >= 0.3 is 5.97 Å². The molecule has 1 saturated heterocycles. The molecule has 1 fully saturated rings. The van der Waals surface area contributed by atoms with Crippen molar-refractivity contribution in [3.63, 3.8) is 0 Å². The molecule has 1 unspecified atom stereocenters. The molecule has 0 bridgehead atoms. The summed E-state index contributed by atoms with van der Waals surface area (Å²) in [6.07, 6.45) is 2.49. The number of carboxylic acids is 1. The number of carboxylic acid groups (broad SMARTS) is 1. The Balaban J connectivity index is 2.16. The van der Waals surface area contributed by atoms with Gasteiger partial charge in [-0.25, -0.2) is 4.98 Å². The molecule has 1 aliphatic heterocycles. The zero-order valence-electron chi connectivity index (χ0n) is 11.8. The highest BCUT2D eigenvalue weighted by atomic mass is 16.4. The molecule has 0 saturated carbocycles. The summed E-state index contributed by atoms with van der Waals surface area (Å²) < 4.78 is 0. The highest BCUT2D eigenvalue weighted by Gasteiger charge is 2.42. The number of carbonyl (C=O) groups excluding carboxylic acids is 1. The number of nitrogens with one attached hydrogen (secondary N) is 1. The second kappa shape index (κ2) is 5.60. The first-order valence-electron chi connectivity index (χ1n) is 6.96. The third-order valence-corrected chi connectivity index (χ3v) is 4.05. The van der Waals surface area contributed by atoms with Crippen molar-refractivity contribution < 1.29 is 14.7 Å². The molecule has 7 heteroatoms. The predicted octanol–water partition coefficient (Wildman–Crippen LogP) is 1.08. The topological polar surface area (TPSA) is 99.2 Å². The van der Waals surface area contributed by atoms with Crippen LogP contribution in [-0.2, 0) is 11.2 Å². The number of hydrogen-bond donors (Lipinski definition) is 2. The number of aromatic amines is 1. The lowest BCUT2D eigenvalue weighted by Crippen LogP contribution is -2.49. The normalized spacial score (nSPS) is 22.8. The molecule has 0 aromatic carbocycles. The molecule has 1 atom stereocenters. The molecule has 20 heavy (non-hydrogen) atoms. The van der Waals surface area contributed by atoms with Gasteiger partial charge in [0.25, 0.3) is 5.91 Å². The second-order valence-corrected chi connectivity index (χ2v) is 5.23. The standard InChI is InChI=1S/C13H20N4O3/c1-3-9-14-10(16-15-9)11(18)17-7-5-6-13(4-2,8-17)12(19)20/h3-8H2,1-2H3,(H,19,20)(H,14,15,16). The summed E-state index contributed by atoms with van der Waals surface area (Å²) in [5.41, 5.74) is -0.836. The molecule has 1 aliphatic rings. The van der Waals surface area contributed by atoms with Crippen LogP contribution in [-0.4, -0.2) is 50.2 Å². The van der Waals surface area contributed by atoms with Crippen LogP contribution in [0.5, 0.6) is 0 Å². The Morgan fingerprint density at radius 2 is 2.20 bits per heavy atom. The van der Waals surface area contributed by atoms with Crippen LogP contribution < -0.4 is 0 Å². The van der Waals surface area contributed by atoms with Gasteiger partial charge < -0.3 is 10.0 Å². The minimum Gasteiger partial charge on any atom is -0.481 e. The summed E-state index contributed by atoms with van der Waals surface area (Å²) in [6, 6.07) is 0. The van der Waals surface area contributed by atoms with E-state index in [9.17, 15) is 14.7 Å². The molecule has 0 aliphatic carbocycles. The summed E-state index contributed by atoms with van der Waals surface area (Å²) in [5, 5.41) is 16.0. The fourth-order valence-electron chi connectivity index (χ4n) is 2.61. The Morgan fingerprint density at radius 3 is 2.75 bits per heavy atom. The SMILES string of the molecule is CCc1nc(C(=O)N2CCCC(CC)(C(=O)O)C2)n[nH]1. The van der Waals surface area contributed by atoms with Crippen molar-refractivity contribution in [3.8, 4) is 0 Å². The first-order chi connectivity index (χ1) is 9.52. The number of H-pyrrole nitrogens is 1. The second-order valence-electron chi connectivity index (χ2n) is 5.23. The summed E-state index contributed by atoms with van der Waals surface area (Å²) in [4.78, 5) is 29.5. The van der Waals surface area contributed by atoms with Gasteiger partial charge in [-0.3, -0.25) is 14.7 Å². The van der Waals surface area contributed by atoms with Crippen molar-refractivity contribution in [1.29, 1.82) is 0 Å². The molecule has 1 amide bonds. The van der Waals surface area contributed by atoms with Crippen molar-refractivity contribution in [3.05, 3.63) is 11.6 Å². The number of amides is 1. The van der Waals surface area contributed by atoms with Crippen LogP contribution in [0.1, 0.15) is 49.6 Å². The van der Waals surface area contributed by atoms with Gasteiger partial charge in [0.1, 0.15) is 5.82 Å². The maximum absolute atomic E-state index is 12.3. The van der Waals surface area contributed by atoms with Gasteiger partial charge in [-0.05, 0) is 19.3 Å². The number of carbonyl (C=O) groups is 2. The molecule has 0 radical (unpaired) electrons. The Labute approximate surface area is 117 Å². The minimum absolute atomic E-state index is 0.124. The van der Waals surface area contributed by atoms with Crippen LogP contribution in [0.25, 0.3) is 0 Å². The van der Waals surface area contributed by atoms with E-state index in [4.69, 9.17) is 0 Å². The monoisotopic (exact) mass is 280 g/mol. The first-order valence-corrected chi connectivity index (χ1v) is 6.96. The van der Waals surface area contributed by atoms with Crippen molar-refractivity contribution in [2.75, 3.05) is 13.1 Å². The molecule has 2 heterocycles. The molecule has 2 N–H and O–H groups in total. The van der Waals surface area contributed by atoms with Gasteiger partial charge in [-0.1, -0.05) is 13.8 Å². The lowest BCUT2D eigenvalue weighted by molar-refractivity contribution is -0.152. The molecule has 0 spiro atoms. The van der Waals surface area contributed by atoms with Gasteiger partial charge in [-0.15, -0.1) is 5.10 Å². The number of aromatic nitrogens is 3. The predicted molar refractivity (Wildman–Crippen MR) is 71.3 cm³/mol. The third-order valence-electron chi connectivity index (χ3n) is 4.05. The summed E-state index contributed by atoms with van der Waals surface area (Å²) in [6.45, 7) is 4.56. The molecular weight excluding hydrogens is 260 g/mol. The average Bonchev–Trinajstić information content (AvgIpc) is 2.95. The maximum atomic E-state index is 12.3. The van der Waals surface area contributed by atoms with Crippen LogP contribution in [0.2, 0.25) is 0 Å². The van der Waals surface area contributed by atoms with Gasteiger partial charge in [0.2, 0.25) is 5.82 Å². The van der Waals surface area contributed by atoms with Crippen LogP contribution >= 0.6 is 0 Å². The molecule has 7 nitrogen and oxygen atoms in total. The van der Waals surface area contributed by atoms with Crippen molar-refractivity contribution in [2.24, 2.45) is 5.41 Å². The van der Waals surface area contributed by atoms with Crippen LogP contribution in [0, 0.1) is 5.41 Å². The molecule has 110 valence electrons. The Kier molecular flexibility index (Phi) is 4.06. The van der Waals surface area contributed by atoms with E-state index in [2.05, 4.69) is 15.2 Å². The zero-order valence-corrected chi connectivity index (χ0v) is 11.8. The quantitative estimate of drug-likeness (QED) is 0.860. The number of aliphatic carboxylic acids is 1. The lowest BCUT2D eigenvalue weighted by Gasteiger charge is -2.38. The van der Waals surface area contributed by atoms with E-state index in [0.29, 0.717) is 38.1 Å². The summed E-state index contributed by atoms with van der Waals surface area (Å²) in [7, 11) is 0. The van der Waals surface area contributed by atoms with E-state index in [1.54, 1.807) is 4.90 Å². The molecule has 2 rings (SSSR count). The third kappa shape index (κ3) is 2.52. The van der Waals surface area contributed by atoms with Crippen molar-refractivity contribution in [1.82, 2.24) is 20.1 Å². The van der Waals surface area contributed by atoms with Gasteiger partial charge in [-0.2, -0.15) is 0 Å². The van der Waals surface area contributed by atoms with Gasteiger partial charge in [0.15, 0.2) is 0 Å². The Bertz CT molecular complexity index is 513. The van der Waals surface area contributed by atoms with E-state index in [-0.39, 0.29) is 18.3 Å². The number of rotatable bonds is 4. The number of nitrogens with zero attached hydrogens (tertiary/aromatic N) is 3. The Morgan fingerprint density at radius 1 is 1.45 bits per heavy atom. The van der Waals surface area contributed by atoms with Crippen LogP contribution in [0.4, 0.5) is 0 Å². The highest BCUT2D eigenvalue weighted by molar-refractivity contribution is 5.91. The first kappa shape index (κ1) is 14.5. The largest absolute Gasteiger partial charge is 0.481 e. The maximum Gasteiger partial charge on any atom is 0.311 e. The summed E-state index contributed by atoms with van der Waals surface area (Å²) in [5.74, 6) is -0.342. The Hall–Kier alpha value is -1.92.